The number of benzene rings is 6. The number of imidazole rings is 3. The van der Waals surface area contributed by atoms with Crippen LogP contribution in [0.15, 0.2) is 271 Å². The second-order valence-electron chi connectivity index (χ2n) is 24.6. The lowest BCUT2D eigenvalue weighted by Gasteiger charge is -2.13. The molecule has 101 heavy (non-hydrogen) atoms. The fraction of sp³-hybridized carbons (Fsp3) is 0.134. The van der Waals surface area contributed by atoms with Crippen LogP contribution in [0.1, 0.15) is 97.7 Å². The number of H-pyrrole nitrogens is 2. The van der Waals surface area contributed by atoms with E-state index in [0.29, 0.717) is 36.2 Å². The van der Waals surface area contributed by atoms with Crippen LogP contribution in [0.5, 0.6) is 0 Å². The van der Waals surface area contributed by atoms with Crippen LogP contribution in [-0.4, -0.2) is 68.0 Å². The van der Waals surface area contributed by atoms with Gasteiger partial charge in [0.1, 0.15) is 0 Å². The van der Waals surface area contributed by atoms with Crippen LogP contribution in [0.25, 0.3) is 50.7 Å². The lowest BCUT2D eigenvalue weighted by atomic mass is 9.93. The highest BCUT2D eigenvalue weighted by atomic mass is 16.2. The molecule has 1 aliphatic heterocycles. The number of carbonyl (C=O) groups is 4. The number of aromatic amines is 2. The Balaban J connectivity index is 0.000000135. The van der Waals surface area contributed by atoms with E-state index in [-0.39, 0.29) is 40.4 Å². The van der Waals surface area contributed by atoms with E-state index in [9.17, 15) is 28.8 Å². The van der Waals surface area contributed by atoms with Gasteiger partial charge in [-0.05, 0) is 181 Å². The van der Waals surface area contributed by atoms with Crippen molar-refractivity contribution in [1.82, 2.24) is 48.8 Å². The highest BCUT2D eigenvalue weighted by Gasteiger charge is 2.21. The number of aromatic nitrogens is 8. The number of pyridine rings is 5. The molecular weight excluding hydrogens is 1260 g/mol. The van der Waals surface area contributed by atoms with E-state index in [4.69, 9.17) is 0 Å². The zero-order valence-corrected chi connectivity index (χ0v) is 55.7. The number of rotatable bonds is 22. The number of anilines is 6. The monoisotopic (exact) mass is 1340 g/mol. The van der Waals surface area contributed by atoms with Gasteiger partial charge in [0.2, 0.25) is 11.1 Å². The number of ketones is 2. The van der Waals surface area contributed by atoms with Crippen molar-refractivity contribution in [3.63, 3.8) is 0 Å². The van der Waals surface area contributed by atoms with Crippen LogP contribution < -0.4 is 37.7 Å². The Morgan fingerprint density at radius 1 is 0.495 bits per heavy atom. The van der Waals surface area contributed by atoms with Gasteiger partial charge in [0, 0.05) is 138 Å². The third kappa shape index (κ3) is 15.9. The van der Waals surface area contributed by atoms with E-state index >= 15 is 0 Å². The number of nitrogens with zero attached hydrogens (tertiary/aromatic N) is 6. The van der Waals surface area contributed by atoms with Crippen LogP contribution in [0.3, 0.4) is 0 Å². The number of unbranched alkanes of at least 4 members (excludes halogenated alkanes) is 1. The normalized spacial score (nSPS) is 11.8. The van der Waals surface area contributed by atoms with Crippen molar-refractivity contribution in [1.29, 1.82) is 0 Å². The first-order valence-electron chi connectivity index (χ1n) is 33.6. The highest BCUT2D eigenvalue weighted by molar-refractivity contribution is 6.00. The summed E-state index contributed by atoms with van der Waals surface area (Å²) in [4.78, 5) is 91.8. The van der Waals surface area contributed by atoms with Crippen molar-refractivity contribution >= 4 is 74.4 Å². The summed E-state index contributed by atoms with van der Waals surface area (Å²) in [6.07, 6.45) is 19.2. The van der Waals surface area contributed by atoms with Gasteiger partial charge in [0.25, 0.3) is 11.8 Å². The highest BCUT2D eigenvalue weighted by Crippen LogP contribution is 2.33. The standard InChI is InChI=1S/2C28H24N4O2.C26H25N5O2/c1-19(17-20-5-3-2-4-6-20)27(34)21-7-9-23(10-8-21)31-24-11-12-25(32-16-15-30-28(24)32)22-13-14-29-26(33)18-22;33-26(8-4-7-20-5-2-1-3-6-20)21-9-11-23(12-10-21)31-24-13-14-25(32-18-17-30-28(24)32)22-15-16-29-27(34)19-22;1-2-3-12-28-25(32)17-4-7-20(8-5-17)30-22-10-11-23(31-14-13-27-24(22)31)18-6-9-21-19(15-18)16-29-26(21)33/h2-16,18-19,31H,17H2,1H3,(H,29,33);1-3,5-6,9-19,31H,4,7-8H2,(H,29,34);4-11,13-15,30H,2-3,12,16H2,1H3,(H,28,32)(H,29,33). The van der Waals surface area contributed by atoms with Crippen molar-refractivity contribution in [3.05, 3.63) is 322 Å². The molecule has 19 nitrogen and oxygen atoms in total. The number of aryl methyl sites for hydroxylation is 1. The van der Waals surface area contributed by atoms with Crippen LogP contribution in [0, 0.1) is 5.92 Å². The summed E-state index contributed by atoms with van der Waals surface area (Å²) in [7, 11) is 0. The SMILES string of the molecule is CC(Cc1ccccc1)C(=O)c1ccc(Nc2ccc(-c3cc[nH]c(=O)c3)n3ccnc23)cc1.CCCCNC(=O)c1ccc(Nc2ccc(-c3ccc4c(c3)CNC4=O)n3ccnc23)cc1.O=C(CCCc1ccccc1)c1ccc(Nc2ccc(-c3cc[nH]c(=O)c3)n3ccnc23)cc1. The van der Waals surface area contributed by atoms with Gasteiger partial charge in [-0.3, -0.25) is 42.0 Å². The third-order valence-electron chi connectivity index (χ3n) is 17.6. The summed E-state index contributed by atoms with van der Waals surface area (Å²) in [6.45, 7) is 5.32. The summed E-state index contributed by atoms with van der Waals surface area (Å²) >= 11 is 0. The molecule has 14 aromatic rings. The number of carbonyl (C=O) groups excluding carboxylic acids is 4. The Morgan fingerprint density at radius 2 is 0.960 bits per heavy atom. The molecule has 0 radical (unpaired) electrons. The summed E-state index contributed by atoms with van der Waals surface area (Å²) in [5.41, 5.74) is 18.7. The molecule has 0 saturated heterocycles. The van der Waals surface area contributed by atoms with Crippen molar-refractivity contribution in [2.45, 2.75) is 58.9 Å². The lowest BCUT2D eigenvalue weighted by Crippen LogP contribution is -2.24. The van der Waals surface area contributed by atoms with E-state index < -0.39 is 0 Å². The molecule has 0 spiro atoms. The topological polar surface area (TPSA) is 246 Å². The average molecular weight is 1340 g/mol. The number of nitrogens with one attached hydrogen (secondary N) is 7. The van der Waals surface area contributed by atoms with Crippen molar-refractivity contribution in [3.8, 4) is 33.8 Å². The molecule has 0 saturated carbocycles. The number of hydrogen-bond donors (Lipinski definition) is 7. The molecular formula is C82H73N13O6. The van der Waals surface area contributed by atoms with E-state index in [1.54, 1.807) is 43.1 Å². The van der Waals surface area contributed by atoms with Gasteiger partial charge in [-0.2, -0.15) is 0 Å². The van der Waals surface area contributed by atoms with Gasteiger partial charge in [0.15, 0.2) is 28.5 Å². The molecule has 2 amide bonds. The molecule has 15 rings (SSSR count). The number of hydrogen-bond acceptors (Lipinski definition) is 12. The Hall–Kier alpha value is -13.0. The van der Waals surface area contributed by atoms with Gasteiger partial charge >= 0.3 is 0 Å². The predicted octanol–water partition coefficient (Wildman–Crippen LogP) is 15.7. The molecule has 0 fully saturated rings. The molecule has 1 aliphatic rings. The summed E-state index contributed by atoms with van der Waals surface area (Å²) in [5.74, 6) is 0.117. The maximum Gasteiger partial charge on any atom is 0.251 e. The fourth-order valence-corrected chi connectivity index (χ4v) is 12.3. The molecule has 19 heteroatoms. The lowest BCUT2D eigenvalue weighted by molar-refractivity contribution is 0.0926. The van der Waals surface area contributed by atoms with Gasteiger partial charge in [-0.15, -0.1) is 0 Å². The molecule has 1 unspecified atom stereocenters. The molecule has 8 aromatic heterocycles. The second-order valence-corrected chi connectivity index (χ2v) is 24.6. The summed E-state index contributed by atoms with van der Waals surface area (Å²) in [6, 6.07) is 67.4. The Labute approximate surface area is 582 Å². The molecule has 7 N–H and O–H groups in total. The van der Waals surface area contributed by atoms with E-state index in [0.717, 1.165) is 134 Å². The quantitative estimate of drug-likeness (QED) is 0.0247. The van der Waals surface area contributed by atoms with Gasteiger partial charge in [-0.1, -0.05) is 87.0 Å². The molecule has 0 bridgehead atoms. The average Bonchev–Trinajstić information content (AvgIpc) is 1.69. The summed E-state index contributed by atoms with van der Waals surface area (Å²) < 4.78 is 5.92. The van der Waals surface area contributed by atoms with Crippen LogP contribution >= 0.6 is 0 Å². The first kappa shape index (κ1) is 66.6. The van der Waals surface area contributed by atoms with E-state index in [1.165, 1.54) is 5.56 Å². The molecule has 9 heterocycles. The van der Waals surface area contributed by atoms with Crippen molar-refractivity contribution in [2.75, 3.05) is 22.5 Å². The minimum Gasteiger partial charge on any atom is -0.352 e. The zero-order chi connectivity index (χ0) is 69.6. The van der Waals surface area contributed by atoms with Gasteiger partial charge < -0.3 is 36.6 Å². The van der Waals surface area contributed by atoms with Crippen molar-refractivity contribution < 1.29 is 19.2 Å². The minimum atomic E-state index is -0.152. The smallest absolute Gasteiger partial charge is 0.251 e. The Bertz CT molecular complexity index is 5390. The van der Waals surface area contributed by atoms with Crippen LogP contribution in [0.2, 0.25) is 0 Å². The number of fused-ring (bicyclic) bond motifs is 4. The second kappa shape index (κ2) is 31.0. The van der Waals surface area contributed by atoms with Crippen LogP contribution in [-0.2, 0) is 19.4 Å². The first-order valence-corrected chi connectivity index (χ1v) is 33.6. The fourth-order valence-electron chi connectivity index (χ4n) is 12.3. The number of amides is 2. The minimum absolute atomic E-state index is 0.0201. The maximum absolute atomic E-state index is 12.9. The van der Waals surface area contributed by atoms with Gasteiger partial charge in [-0.25, -0.2) is 15.0 Å². The molecule has 0 aliphatic carbocycles. The van der Waals surface area contributed by atoms with Gasteiger partial charge in [0.05, 0.1) is 34.1 Å². The molecule has 1 atom stereocenters. The molecule has 6 aromatic carbocycles. The Kier molecular flexibility index (Phi) is 20.4. The van der Waals surface area contributed by atoms with E-state index in [2.05, 4.69) is 76.6 Å². The van der Waals surface area contributed by atoms with E-state index in [1.807, 2.05) is 221 Å². The third-order valence-corrected chi connectivity index (χ3v) is 17.6. The molecule has 502 valence electrons. The maximum atomic E-state index is 12.9. The predicted molar refractivity (Wildman–Crippen MR) is 398 cm³/mol. The zero-order valence-electron chi connectivity index (χ0n) is 55.7. The summed E-state index contributed by atoms with van der Waals surface area (Å²) in [5, 5.41) is 16.0. The number of Topliss-reactive ketones (excluding diaryl/α,β-unsaturated/α-hetero) is 2. The van der Waals surface area contributed by atoms with Crippen molar-refractivity contribution in [2.24, 2.45) is 5.92 Å². The van der Waals surface area contributed by atoms with Crippen LogP contribution in [0.4, 0.5) is 34.1 Å². The largest absolute Gasteiger partial charge is 0.352 e. The Morgan fingerprint density at radius 3 is 1.45 bits per heavy atom. The first-order chi connectivity index (χ1) is 49.4.